The Morgan fingerprint density at radius 3 is 2.10 bits per heavy atom. The van der Waals surface area contributed by atoms with Crippen LogP contribution in [-0.2, 0) is 0 Å². The molecular formula is C25H21N5. The van der Waals surface area contributed by atoms with E-state index in [9.17, 15) is 0 Å². The van der Waals surface area contributed by atoms with E-state index in [1.807, 2.05) is 36.5 Å². The number of para-hydroxylation sites is 1. The van der Waals surface area contributed by atoms with Gasteiger partial charge < -0.3 is 5.32 Å². The molecule has 2 heterocycles. The standard InChI is InChI=1S/C25H21N5/c1-3-9-18(10-4-1)22(19-11-5-2-6-12-19)17-26-25-21-13-7-8-14-23(21)29-24(30-25)20-15-27-28-16-20/h1-16,22H,17H2,(H,27,28)(H,26,29,30). The number of nitrogens with zero attached hydrogens (tertiary/aromatic N) is 3. The maximum Gasteiger partial charge on any atom is 0.165 e. The lowest BCUT2D eigenvalue weighted by molar-refractivity contribution is 0.849. The maximum absolute atomic E-state index is 4.82. The fraction of sp³-hybridized carbons (Fsp3) is 0.0800. The van der Waals surface area contributed by atoms with E-state index in [2.05, 4.69) is 70.1 Å². The number of hydrogen-bond donors (Lipinski definition) is 2. The molecule has 0 aliphatic rings. The predicted molar refractivity (Wildman–Crippen MR) is 120 cm³/mol. The molecular weight excluding hydrogens is 370 g/mol. The van der Waals surface area contributed by atoms with Crippen LogP contribution in [0.4, 0.5) is 5.82 Å². The van der Waals surface area contributed by atoms with Gasteiger partial charge in [0, 0.05) is 24.0 Å². The minimum Gasteiger partial charge on any atom is -0.368 e. The molecule has 30 heavy (non-hydrogen) atoms. The van der Waals surface area contributed by atoms with Gasteiger partial charge in [0.2, 0.25) is 0 Å². The Morgan fingerprint density at radius 1 is 0.767 bits per heavy atom. The number of H-pyrrole nitrogens is 1. The Hall–Kier alpha value is -3.99. The van der Waals surface area contributed by atoms with Gasteiger partial charge in [0.15, 0.2) is 5.82 Å². The van der Waals surface area contributed by atoms with E-state index >= 15 is 0 Å². The lowest BCUT2D eigenvalue weighted by Gasteiger charge is -2.20. The van der Waals surface area contributed by atoms with Gasteiger partial charge in [-0.3, -0.25) is 5.10 Å². The second-order valence-electron chi connectivity index (χ2n) is 7.15. The third-order valence-electron chi connectivity index (χ3n) is 5.24. The van der Waals surface area contributed by atoms with Crippen molar-refractivity contribution < 1.29 is 0 Å². The Kier molecular flexibility index (Phi) is 4.92. The van der Waals surface area contributed by atoms with Gasteiger partial charge in [0.25, 0.3) is 0 Å². The smallest absolute Gasteiger partial charge is 0.165 e. The van der Waals surface area contributed by atoms with Crippen LogP contribution in [-0.4, -0.2) is 26.7 Å². The molecule has 5 nitrogen and oxygen atoms in total. The zero-order chi connectivity index (χ0) is 20.2. The van der Waals surface area contributed by atoms with E-state index in [0.29, 0.717) is 5.82 Å². The molecule has 0 radical (unpaired) electrons. The third-order valence-corrected chi connectivity index (χ3v) is 5.24. The van der Waals surface area contributed by atoms with Crippen molar-refractivity contribution in [2.45, 2.75) is 5.92 Å². The van der Waals surface area contributed by atoms with Gasteiger partial charge in [0.1, 0.15) is 5.82 Å². The van der Waals surface area contributed by atoms with E-state index in [0.717, 1.165) is 28.8 Å². The first-order valence-electron chi connectivity index (χ1n) is 9.98. The highest BCUT2D eigenvalue weighted by molar-refractivity contribution is 5.90. The summed E-state index contributed by atoms with van der Waals surface area (Å²) >= 11 is 0. The van der Waals surface area contributed by atoms with Crippen molar-refractivity contribution in [1.29, 1.82) is 0 Å². The van der Waals surface area contributed by atoms with Crippen LogP contribution >= 0.6 is 0 Å². The summed E-state index contributed by atoms with van der Waals surface area (Å²) in [6.45, 7) is 0.722. The minimum atomic E-state index is 0.207. The van der Waals surface area contributed by atoms with E-state index in [1.54, 1.807) is 6.20 Å². The lowest BCUT2D eigenvalue weighted by atomic mass is 9.91. The van der Waals surface area contributed by atoms with E-state index < -0.39 is 0 Å². The number of rotatable bonds is 6. The van der Waals surface area contributed by atoms with Gasteiger partial charge in [-0.15, -0.1) is 0 Å². The summed E-state index contributed by atoms with van der Waals surface area (Å²) in [5.41, 5.74) is 4.31. The molecule has 0 amide bonds. The first-order valence-corrected chi connectivity index (χ1v) is 9.98. The lowest BCUT2D eigenvalue weighted by Crippen LogP contribution is -2.15. The number of hydrogen-bond acceptors (Lipinski definition) is 4. The summed E-state index contributed by atoms with van der Waals surface area (Å²) < 4.78 is 0. The molecule has 0 spiro atoms. The van der Waals surface area contributed by atoms with Gasteiger partial charge in [-0.2, -0.15) is 5.10 Å². The van der Waals surface area contributed by atoms with Crippen LogP contribution in [0, 0.1) is 0 Å². The number of anilines is 1. The summed E-state index contributed by atoms with van der Waals surface area (Å²) in [4.78, 5) is 9.53. The van der Waals surface area contributed by atoms with Gasteiger partial charge in [-0.25, -0.2) is 9.97 Å². The van der Waals surface area contributed by atoms with Crippen LogP contribution in [0.5, 0.6) is 0 Å². The summed E-state index contributed by atoms with van der Waals surface area (Å²) in [5.74, 6) is 1.69. The van der Waals surface area contributed by atoms with Crippen LogP contribution in [0.3, 0.4) is 0 Å². The highest BCUT2D eigenvalue weighted by atomic mass is 15.1. The average molecular weight is 391 g/mol. The monoisotopic (exact) mass is 391 g/mol. The largest absolute Gasteiger partial charge is 0.368 e. The number of benzene rings is 3. The molecule has 0 bridgehead atoms. The molecule has 5 aromatic rings. The zero-order valence-corrected chi connectivity index (χ0v) is 16.4. The Balaban J connectivity index is 1.53. The summed E-state index contributed by atoms with van der Waals surface area (Å²) in [6.07, 6.45) is 3.55. The molecule has 5 rings (SSSR count). The second-order valence-corrected chi connectivity index (χ2v) is 7.15. The van der Waals surface area contributed by atoms with Gasteiger partial charge in [-0.1, -0.05) is 72.8 Å². The van der Waals surface area contributed by atoms with Crippen LogP contribution in [0.25, 0.3) is 22.3 Å². The molecule has 146 valence electrons. The number of aromatic amines is 1. The molecule has 2 aromatic heterocycles. The average Bonchev–Trinajstić information content (AvgIpc) is 3.36. The SMILES string of the molecule is c1ccc(C(CNc2nc(-c3cn[nH]c3)nc3ccccc23)c2ccccc2)cc1. The first kappa shape index (κ1) is 18.1. The predicted octanol–water partition coefficient (Wildman–Crippen LogP) is 5.26. The van der Waals surface area contributed by atoms with Crippen LogP contribution in [0.1, 0.15) is 17.0 Å². The zero-order valence-electron chi connectivity index (χ0n) is 16.4. The summed E-state index contributed by atoms with van der Waals surface area (Å²) in [6, 6.07) is 29.2. The van der Waals surface area contributed by atoms with E-state index in [1.165, 1.54) is 11.1 Å². The van der Waals surface area contributed by atoms with Crippen molar-refractivity contribution in [2.24, 2.45) is 0 Å². The number of nitrogens with one attached hydrogen (secondary N) is 2. The Labute approximate surface area is 174 Å². The molecule has 5 heteroatoms. The molecule has 0 saturated heterocycles. The molecule has 3 aromatic carbocycles. The quantitative estimate of drug-likeness (QED) is 0.414. The fourth-order valence-electron chi connectivity index (χ4n) is 3.71. The molecule has 2 N–H and O–H groups in total. The highest BCUT2D eigenvalue weighted by Gasteiger charge is 2.16. The normalized spacial score (nSPS) is 11.1. The van der Waals surface area contributed by atoms with Crippen molar-refractivity contribution in [3.63, 3.8) is 0 Å². The molecule has 0 fully saturated rings. The molecule has 0 aliphatic heterocycles. The van der Waals surface area contributed by atoms with Crippen molar-refractivity contribution in [1.82, 2.24) is 20.2 Å². The van der Waals surface area contributed by atoms with E-state index in [-0.39, 0.29) is 5.92 Å². The van der Waals surface area contributed by atoms with Crippen molar-refractivity contribution >= 4 is 16.7 Å². The number of fused-ring (bicyclic) bond motifs is 1. The van der Waals surface area contributed by atoms with Gasteiger partial charge in [0.05, 0.1) is 17.3 Å². The van der Waals surface area contributed by atoms with Crippen molar-refractivity contribution in [3.8, 4) is 11.4 Å². The van der Waals surface area contributed by atoms with Crippen molar-refractivity contribution in [2.75, 3.05) is 11.9 Å². The van der Waals surface area contributed by atoms with E-state index in [4.69, 9.17) is 9.97 Å². The van der Waals surface area contributed by atoms with Gasteiger partial charge in [-0.05, 0) is 23.3 Å². The second kappa shape index (κ2) is 8.17. The first-order chi connectivity index (χ1) is 14.9. The van der Waals surface area contributed by atoms with Crippen LogP contribution in [0.15, 0.2) is 97.3 Å². The van der Waals surface area contributed by atoms with Crippen LogP contribution < -0.4 is 5.32 Å². The van der Waals surface area contributed by atoms with Gasteiger partial charge >= 0.3 is 0 Å². The Bertz CT molecular complexity index is 1200. The summed E-state index contributed by atoms with van der Waals surface area (Å²) in [7, 11) is 0. The molecule has 0 saturated carbocycles. The number of aromatic nitrogens is 4. The minimum absolute atomic E-state index is 0.207. The fourth-order valence-corrected chi connectivity index (χ4v) is 3.71. The third kappa shape index (κ3) is 3.65. The topological polar surface area (TPSA) is 66.5 Å². The molecule has 0 unspecified atom stereocenters. The van der Waals surface area contributed by atoms with Crippen LogP contribution in [0.2, 0.25) is 0 Å². The van der Waals surface area contributed by atoms with Crippen molar-refractivity contribution in [3.05, 3.63) is 108 Å². The maximum atomic E-state index is 4.82. The highest BCUT2D eigenvalue weighted by Crippen LogP contribution is 2.28. The molecule has 0 atom stereocenters. The summed E-state index contributed by atoms with van der Waals surface area (Å²) in [5, 5.41) is 11.5. The molecule has 0 aliphatic carbocycles. The Morgan fingerprint density at radius 2 is 1.43 bits per heavy atom.